The number of carbonyl (C=O) groups is 2. The molecule has 29 heavy (non-hydrogen) atoms. The number of ether oxygens (including phenoxy) is 1. The Morgan fingerprint density at radius 3 is 2.38 bits per heavy atom. The molecule has 1 amide bonds. The lowest BCUT2D eigenvalue weighted by Gasteiger charge is -2.27. The molecule has 152 valence electrons. The van der Waals surface area contributed by atoms with Crippen LogP contribution in [-0.4, -0.2) is 28.8 Å². The number of para-hydroxylation sites is 1. The van der Waals surface area contributed by atoms with Gasteiger partial charge in [0.05, 0.1) is 25.3 Å². The first kappa shape index (κ1) is 20.6. The van der Waals surface area contributed by atoms with Crippen molar-refractivity contribution in [3.8, 4) is 5.75 Å². The van der Waals surface area contributed by atoms with Gasteiger partial charge in [-0.3, -0.25) is 9.59 Å². The van der Waals surface area contributed by atoms with Crippen LogP contribution in [0, 0.1) is 0 Å². The molecule has 0 spiro atoms. The molecule has 1 atom stereocenters. The Morgan fingerprint density at radius 1 is 1.14 bits per heavy atom. The molecule has 0 fully saturated rings. The van der Waals surface area contributed by atoms with Crippen molar-refractivity contribution in [3.05, 3.63) is 76.6 Å². The van der Waals surface area contributed by atoms with Crippen molar-refractivity contribution in [1.29, 1.82) is 0 Å². The van der Waals surface area contributed by atoms with Crippen molar-refractivity contribution in [1.82, 2.24) is 4.90 Å². The number of hydrogen-bond donors (Lipinski definition) is 1. The third-order valence-electron chi connectivity index (χ3n) is 5.38. The summed E-state index contributed by atoms with van der Waals surface area (Å²) in [4.78, 5) is 27.1. The average molecular weight is 393 g/mol. The zero-order valence-electron chi connectivity index (χ0n) is 17.3. The lowest BCUT2D eigenvalue weighted by molar-refractivity contribution is -0.130. The van der Waals surface area contributed by atoms with Gasteiger partial charge in [-0.15, -0.1) is 0 Å². The molecule has 0 aliphatic carbocycles. The number of hydrogen-bond acceptors (Lipinski definition) is 4. The third kappa shape index (κ3) is 3.90. The number of benzene rings is 2. The largest absolute Gasteiger partial charge is 0.503 e. The molecule has 1 heterocycles. The molecule has 1 aliphatic rings. The van der Waals surface area contributed by atoms with Crippen LogP contribution in [0.5, 0.6) is 5.75 Å². The first-order valence-electron chi connectivity index (χ1n) is 9.88. The van der Waals surface area contributed by atoms with E-state index in [1.54, 1.807) is 18.9 Å². The molecular weight excluding hydrogens is 366 g/mol. The van der Waals surface area contributed by atoms with E-state index in [0.717, 1.165) is 11.1 Å². The Bertz CT molecular complexity index is 944. The number of rotatable bonds is 7. The van der Waals surface area contributed by atoms with E-state index in [2.05, 4.69) is 13.8 Å². The summed E-state index contributed by atoms with van der Waals surface area (Å²) in [7, 11) is 1.58. The van der Waals surface area contributed by atoms with Crippen LogP contribution < -0.4 is 4.74 Å². The minimum absolute atomic E-state index is 0.171. The molecule has 0 saturated heterocycles. The fourth-order valence-corrected chi connectivity index (χ4v) is 3.72. The summed E-state index contributed by atoms with van der Waals surface area (Å²) in [5, 5.41) is 10.5. The summed E-state index contributed by atoms with van der Waals surface area (Å²) in [5.74, 6) is -0.185. The second-order valence-corrected chi connectivity index (χ2v) is 7.51. The highest BCUT2D eigenvalue weighted by molar-refractivity contribution is 6.08. The van der Waals surface area contributed by atoms with Gasteiger partial charge in [0.1, 0.15) is 5.75 Å². The van der Waals surface area contributed by atoms with E-state index in [1.165, 1.54) is 5.56 Å². The molecule has 1 unspecified atom stereocenters. The van der Waals surface area contributed by atoms with E-state index in [1.807, 2.05) is 48.5 Å². The van der Waals surface area contributed by atoms with E-state index >= 15 is 0 Å². The smallest absolute Gasteiger partial charge is 0.290 e. The normalized spacial score (nSPS) is 16.7. The van der Waals surface area contributed by atoms with Crippen LogP contribution in [0.25, 0.3) is 0 Å². The summed E-state index contributed by atoms with van der Waals surface area (Å²) >= 11 is 0. The van der Waals surface area contributed by atoms with Gasteiger partial charge in [0, 0.05) is 12.0 Å². The summed E-state index contributed by atoms with van der Waals surface area (Å²) in [6.45, 7) is 6.18. The molecule has 0 aromatic heterocycles. The molecule has 5 heteroatoms. The van der Waals surface area contributed by atoms with Crippen molar-refractivity contribution < 1.29 is 19.4 Å². The zero-order chi connectivity index (χ0) is 21.1. The summed E-state index contributed by atoms with van der Waals surface area (Å²) in [6.07, 6.45) is 0.218. The van der Waals surface area contributed by atoms with Gasteiger partial charge in [-0.1, -0.05) is 63.2 Å². The highest BCUT2D eigenvalue weighted by atomic mass is 16.5. The molecule has 2 aromatic carbocycles. The van der Waals surface area contributed by atoms with Crippen LogP contribution in [-0.2, 0) is 16.1 Å². The first-order valence-corrected chi connectivity index (χ1v) is 9.88. The SMILES string of the molecule is CCC(=O)C1=C(O)C(=O)N(Cc2ccccc2OC)C1c1ccc(C(C)C)cc1. The second-order valence-electron chi connectivity index (χ2n) is 7.51. The first-order chi connectivity index (χ1) is 13.9. The zero-order valence-corrected chi connectivity index (χ0v) is 17.3. The van der Waals surface area contributed by atoms with Crippen molar-refractivity contribution in [2.75, 3.05) is 7.11 Å². The van der Waals surface area contributed by atoms with E-state index in [0.29, 0.717) is 11.7 Å². The fourth-order valence-electron chi connectivity index (χ4n) is 3.72. The lowest BCUT2D eigenvalue weighted by atomic mass is 9.92. The summed E-state index contributed by atoms with van der Waals surface area (Å²) < 4.78 is 5.42. The minimum Gasteiger partial charge on any atom is -0.503 e. The molecule has 0 saturated carbocycles. The van der Waals surface area contributed by atoms with Crippen LogP contribution in [0.2, 0.25) is 0 Å². The average Bonchev–Trinajstić information content (AvgIpc) is 2.98. The highest BCUT2D eigenvalue weighted by Crippen LogP contribution is 2.40. The second kappa shape index (κ2) is 8.52. The third-order valence-corrected chi connectivity index (χ3v) is 5.38. The van der Waals surface area contributed by atoms with Gasteiger partial charge in [-0.05, 0) is 23.1 Å². The van der Waals surface area contributed by atoms with Crippen molar-refractivity contribution in [2.45, 2.75) is 45.7 Å². The lowest BCUT2D eigenvalue weighted by Crippen LogP contribution is -2.30. The standard InChI is InChI=1S/C24H27NO4/c1-5-19(26)21-22(17-12-10-16(11-13-17)15(2)3)25(24(28)23(21)27)14-18-8-6-7-9-20(18)29-4/h6-13,15,22,27H,5,14H2,1-4H3. The van der Waals surface area contributed by atoms with Gasteiger partial charge in [-0.2, -0.15) is 0 Å². The monoisotopic (exact) mass is 393 g/mol. The van der Waals surface area contributed by atoms with Gasteiger partial charge in [0.15, 0.2) is 11.5 Å². The van der Waals surface area contributed by atoms with Crippen molar-refractivity contribution in [2.24, 2.45) is 0 Å². The topological polar surface area (TPSA) is 66.8 Å². The van der Waals surface area contributed by atoms with Gasteiger partial charge in [-0.25, -0.2) is 0 Å². The number of amides is 1. The Hall–Kier alpha value is -3.08. The predicted octanol–water partition coefficient (Wildman–Crippen LogP) is 4.69. The molecule has 1 N–H and O–H groups in total. The van der Waals surface area contributed by atoms with E-state index in [-0.39, 0.29) is 24.3 Å². The van der Waals surface area contributed by atoms with Gasteiger partial charge >= 0.3 is 0 Å². The van der Waals surface area contributed by atoms with Crippen LogP contribution in [0.15, 0.2) is 59.9 Å². The summed E-state index contributed by atoms with van der Waals surface area (Å²) in [5.41, 5.74) is 2.96. The number of Topliss-reactive ketones (excluding diaryl/α,β-unsaturated/α-hetero) is 1. The number of aliphatic hydroxyl groups is 1. The molecule has 0 radical (unpaired) electrons. The molecular formula is C24H27NO4. The number of aliphatic hydroxyl groups excluding tert-OH is 1. The van der Waals surface area contributed by atoms with Gasteiger partial charge in [0.2, 0.25) is 0 Å². The van der Waals surface area contributed by atoms with E-state index < -0.39 is 17.7 Å². The van der Waals surface area contributed by atoms with Gasteiger partial charge < -0.3 is 14.7 Å². The van der Waals surface area contributed by atoms with E-state index in [9.17, 15) is 14.7 Å². The maximum absolute atomic E-state index is 12.9. The maximum Gasteiger partial charge on any atom is 0.290 e. The Balaban J connectivity index is 2.06. The fraction of sp³-hybridized carbons (Fsp3) is 0.333. The molecule has 2 aromatic rings. The highest BCUT2D eigenvalue weighted by Gasteiger charge is 2.43. The van der Waals surface area contributed by atoms with Crippen LogP contribution in [0.1, 0.15) is 55.8 Å². The quantitative estimate of drug-likeness (QED) is 0.741. The molecule has 5 nitrogen and oxygen atoms in total. The van der Waals surface area contributed by atoms with Crippen LogP contribution in [0.3, 0.4) is 0 Å². The van der Waals surface area contributed by atoms with Gasteiger partial charge in [0.25, 0.3) is 5.91 Å². The number of ketones is 1. The van der Waals surface area contributed by atoms with Crippen molar-refractivity contribution in [3.63, 3.8) is 0 Å². The Labute approximate surface area is 171 Å². The Morgan fingerprint density at radius 2 is 1.79 bits per heavy atom. The number of nitrogens with zero attached hydrogens (tertiary/aromatic N) is 1. The molecule has 1 aliphatic heterocycles. The number of methoxy groups -OCH3 is 1. The van der Waals surface area contributed by atoms with Crippen LogP contribution in [0.4, 0.5) is 0 Å². The maximum atomic E-state index is 12.9. The van der Waals surface area contributed by atoms with E-state index in [4.69, 9.17) is 4.74 Å². The van der Waals surface area contributed by atoms with Crippen LogP contribution >= 0.6 is 0 Å². The number of carbonyl (C=O) groups excluding carboxylic acids is 2. The predicted molar refractivity (Wildman–Crippen MR) is 112 cm³/mol. The minimum atomic E-state index is -0.624. The molecule has 0 bridgehead atoms. The Kier molecular flexibility index (Phi) is 6.06. The van der Waals surface area contributed by atoms with Crippen molar-refractivity contribution >= 4 is 11.7 Å². The molecule has 3 rings (SSSR count). The summed E-state index contributed by atoms with van der Waals surface area (Å²) in [6, 6.07) is 14.7.